The van der Waals surface area contributed by atoms with Crippen LogP contribution in [0.1, 0.15) is 49.3 Å². The lowest BCUT2D eigenvalue weighted by Gasteiger charge is -2.15. The van der Waals surface area contributed by atoms with Gasteiger partial charge in [-0.25, -0.2) is 0 Å². The maximum absolute atomic E-state index is 13.4. The number of rotatable bonds is 5. The maximum atomic E-state index is 13.4. The summed E-state index contributed by atoms with van der Waals surface area (Å²) in [5, 5.41) is 8.82. The van der Waals surface area contributed by atoms with Crippen molar-refractivity contribution in [2.75, 3.05) is 10.6 Å². The SMILES string of the molecule is CCC(=O)Nc1cc(Cl)cc(NC(=O)c2cnn(C(C)C)c2C(F)(F)F)c1. The summed E-state index contributed by atoms with van der Waals surface area (Å²) in [5.41, 5.74) is -1.27. The minimum Gasteiger partial charge on any atom is -0.326 e. The molecule has 0 saturated carbocycles. The number of benzene rings is 1. The molecule has 0 saturated heterocycles. The van der Waals surface area contributed by atoms with E-state index in [0.717, 1.165) is 10.9 Å². The van der Waals surface area contributed by atoms with Crippen molar-refractivity contribution >= 4 is 34.8 Å². The van der Waals surface area contributed by atoms with E-state index in [1.165, 1.54) is 32.0 Å². The molecule has 0 atom stereocenters. The largest absolute Gasteiger partial charge is 0.433 e. The molecule has 2 rings (SSSR count). The van der Waals surface area contributed by atoms with Crippen LogP contribution in [0.5, 0.6) is 0 Å². The third-order valence-corrected chi connectivity index (χ3v) is 3.78. The standard InChI is InChI=1S/C17H18ClF3N4O2/c1-4-14(26)23-11-5-10(18)6-12(7-11)24-16(27)13-8-22-25(9(2)3)15(13)17(19,20)21/h5-9H,4H2,1-3H3,(H,23,26)(H,24,27). The second-order valence-electron chi connectivity index (χ2n) is 6.03. The molecule has 1 aromatic carbocycles. The number of hydrogen-bond donors (Lipinski definition) is 2. The molecule has 6 nitrogen and oxygen atoms in total. The van der Waals surface area contributed by atoms with Crippen LogP contribution >= 0.6 is 11.6 Å². The molecule has 1 aromatic heterocycles. The van der Waals surface area contributed by atoms with E-state index in [4.69, 9.17) is 11.6 Å². The van der Waals surface area contributed by atoms with Gasteiger partial charge in [-0.15, -0.1) is 0 Å². The van der Waals surface area contributed by atoms with Crippen molar-refractivity contribution in [1.82, 2.24) is 9.78 Å². The quantitative estimate of drug-likeness (QED) is 0.758. The van der Waals surface area contributed by atoms with Gasteiger partial charge in [-0.05, 0) is 32.0 Å². The van der Waals surface area contributed by atoms with Gasteiger partial charge < -0.3 is 10.6 Å². The summed E-state index contributed by atoms with van der Waals surface area (Å²) in [6.07, 6.45) is -3.64. The number of alkyl halides is 3. The van der Waals surface area contributed by atoms with Gasteiger partial charge in [0.25, 0.3) is 5.91 Å². The first-order valence-corrected chi connectivity index (χ1v) is 8.47. The van der Waals surface area contributed by atoms with Crippen LogP contribution in [0.2, 0.25) is 5.02 Å². The molecule has 2 N–H and O–H groups in total. The van der Waals surface area contributed by atoms with Crippen molar-refractivity contribution in [3.63, 3.8) is 0 Å². The van der Waals surface area contributed by atoms with Crippen molar-refractivity contribution in [3.8, 4) is 0 Å². The minimum atomic E-state index is -4.75. The zero-order valence-corrected chi connectivity index (χ0v) is 15.6. The topological polar surface area (TPSA) is 76.0 Å². The van der Waals surface area contributed by atoms with Crippen LogP contribution in [0.3, 0.4) is 0 Å². The number of nitrogens with zero attached hydrogens (tertiary/aromatic N) is 2. The number of halogens is 4. The fourth-order valence-electron chi connectivity index (χ4n) is 2.38. The highest BCUT2D eigenvalue weighted by Crippen LogP contribution is 2.34. The van der Waals surface area contributed by atoms with Gasteiger partial charge in [0, 0.05) is 28.9 Å². The van der Waals surface area contributed by atoms with E-state index in [-0.39, 0.29) is 23.0 Å². The summed E-state index contributed by atoms with van der Waals surface area (Å²) in [6, 6.07) is 3.65. The lowest BCUT2D eigenvalue weighted by Crippen LogP contribution is -2.22. The second kappa shape index (κ2) is 7.99. The first-order valence-electron chi connectivity index (χ1n) is 8.09. The molecular formula is C17H18ClF3N4O2. The van der Waals surface area contributed by atoms with E-state index in [1.54, 1.807) is 6.92 Å². The Kier molecular flexibility index (Phi) is 6.15. The van der Waals surface area contributed by atoms with Gasteiger partial charge in [0.2, 0.25) is 5.91 Å². The molecule has 146 valence electrons. The monoisotopic (exact) mass is 402 g/mol. The molecule has 0 bridgehead atoms. The number of nitrogens with one attached hydrogen (secondary N) is 2. The lowest BCUT2D eigenvalue weighted by atomic mass is 10.2. The van der Waals surface area contributed by atoms with E-state index in [1.807, 2.05) is 0 Å². The van der Waals surface area contributed by atoms with Gasteiger partial charge in [-0.3, -0.25) is 14.3 Å². The van der Waals surface area contributed by atoms with Crippen LogP contribution in [-0.2, 0) is 11.0 Å². The van der Waals surface area contributed by atoms with Crippen LogP contribution < -0.4 is 10.6 Å². The van der Waals surface area contributed by atoms with Crippen molar-refractivity contribution in [2.24, 2.45) is 0 Å². The van der Waals surface area contributed by atoms with Crippen molar-refractivity contribution in [3.05, 3.63) is 40.7 Å². The summed E-state index contributed by atoms with van der Waals surface area (Å²) >= 11 is 5.96. The Hall–Kier alpha value is -2.55. The highest BCUT2D eigenvalue weighted by Gasteiger charge is 2.40. The Morgan fingerprint density at radius 1 is 1.19 bits per heavy atom. The molecule has 1 heterocycles. The fourth-order valence-corrected chi connectivity index (χ4v) is 2.62. The smallest absolute Gasteiger partial charge is 0.326 e. The number of anilines is 2. The summed E-state index contributed by atoms with van der Waals surface area (Å²) in [7, 11) is 0. The molecule has 0 fully saturated rings. The van der Waals surface area contributed by atoms with Crippen LogP contribution in [0.15, 0.2) is 24.4 Å². The van der Waals surface area contributed by atoms with E-state index in [9.17, 15) is 22.8 Å². The fraction of sp³-hybridized carbons (Fsp3) is 0.353. The number of amides is 2. The van der Waals surface area contributed by atoms with E-state index >= 15 is 0 Å². The molecule has 0 aliphatic carbocycles. The molecule has 0 radical (unpaired) electrons. The minimum absolute atomic E-state index is 0.143. The van der Waals surface area contributed by atoms with Crippen molar-refractivity contribution < 1.29 is 22.8 Å². The third kappa shape index (κ3) is 5.00. The van der Waals surface area contributed by atoms with E-state index in [2.05, 4.69) is 15.7 Å². The van der Waals surface area contributed by atoms with Gasteiger partial charge in [-0.1, -0.05) is 18.5 Å². The first kappa shape index (κ1) is 20.8. The third-order valence-electron chi connectivity index (χ3n) is 3.56. The summed E-state index contributed by atoms with van der Waals surface area (Å²) in [4.78, 5) is 23.9. The van der Waals surface area contributed by atoms with Crippen molar-refractivity contribution in [2.45, 2.75) is 39.4 Å². The van der Waals surface area contributed by atoms with Gasteiger partial charge in [0.15, 0.2) is 5.69 Å². The van der Waals surface area contributed by atoms with E-state index < -0.39 is 29.4 Å². The summed E-state index contributed by atoms with van der Waals surface area (Å²) in [6.45, 7) is 4.72. The summed E-state index contributed by atoms with van der Waals surface area (Å²) < 4.78 is 41.0. The van der Waals surface area contributed by atoms with Crippen molar-refractivity contribution in [1.29, 1.82) is 0 Å². The number of hydrogen-bond acceptors (Lipinski definition) is 3. The molecular weight excluding hydrogens is 385 g/mol. The molecule has 27 heavy (non-hydrogen) atoms. The zero-order chi connectivity index (χ0) is 20.4. The van der Waals surface area contributed by atoms with Crippen LogP contribution in [-0.4, -0.2) is 21.6 Å². The molecule has 0 aliphatic rings. The molecule has 10 heteroatoms. The Morgan fingerprint density at radius 3 is 2.30 bits per heavy atom. The van der Waals surface area contributed by atoms with Crippen LogP contribution in [0.4, 0.5) is 24.5 Å². The maximum Gasteiger partial charge on any atom is 0.433 e. The Balaban J connectivity index is 2.34. The predicted octanol–water partition coefficient (Wildman–Crippen LogP) is 4.74. The normalized spacial score (nSPS) is 11.6. The number of carbonyl (C=O) groups is 2. The average molecular weight is 403 g/mol. The predicted molar refractivity (Wildman–Crippen MR) is 95.9 cm³/mol. The molecule has 2 aromatic rings. The highest BCUT2D eigenvalue weighted by atomic mass is 35.5. The highest BCUT2D eigenvalue weighted by molar-refractivity contribution is 6.31. The molecule has 0 aliphatic heterocycles. The first-order chi connectivity index (χ1) is 12.5. The van der Waals surface area contributed by atoms with Gasteiger partial charge in [0.05, 0.1) is 11.8 Å². The lowest BCUT2D eigenvalue weighted by molar-refractivity contribution is -0.145. The van der Waals surface area contributed by atoms with Crippen LogP contribution in [0.25, 0.3) is 0 Å². The molecule has 2 amide bonds. The zero-order valence-electron chi connectivity index (χ0n) is 14.8. The summed E-state index contributed by atoms with van der Waals surface area (Å²) in [5.74, 6) is -1.25. The Morgan fingerprint density at radius 2 is 1.78 bits per heavy atom. The average Bonchev–Trinajstić information content (AvgIpc) is 2.99. The van der Waals surface area contributed by atoms with E-state index in [0.29, 0.717) is 5.69 Å². The molecule has 0 unspecified atom stereocenters. The van der Waals surface area contributed by atoms with Gasteiger partial charge in [-0.2, -0.15) is 18.3 Å². The van der Waals surface area contributed by atoms with Gasteiger partial charge >= 0.3 is 6.18 Å². The Labute approximate surface area is 158 Å². The van der Waals surface area contributed by atoms with Crippen LogP contribution in [0, 0.1) is 0 Å². The number of carbonyl (C=O) groups excluding carboxylic acids is 2. The number of aromatic nitrogens is 2. The Bertz CT molecular complexity index is 862. The second-order valence-corrected chi connectivity index (χ2v) is 6.46. The molecule has 0 spiro atoms. The van der Waals surface area contributed by atoms with Gasteiger partial charge in [0.1, 0.15) is 0 Å².